The van der Waals surface area contributed by atoms with E-state index in [0.717, 1.165) is 51.4 Å². The first-order chi connectivity index (χ1) is 14.7. The Morgan fingerprint density at radius 3 is 1.41 bits per heavy atom. The van der Waals surface area contributed by atoms with E-state index in [4.69, 9.17) is 9.47 Å². The molecule has 2 rings (SSSR count). The lowest BCUT2D eigenvalue weighted by Gasteiger charge is -2.52. The Bertz CT molecular complexity index is 662. The van der Waals surface area contributed by atoms with Crippen LogP contribution in [0.3, 0.4) is 0 Å². The van der Waals surface area contributed by atoms with Gasteiger partial charge in [0, 0.05) is 11.1 Å². The van der Waals surface area contributed by atoms with Gasteiger partial charge in [-0.05, 0) is 109 Å². The molecule has 2 aliphatic rings. The summed E-state index contributed by atoms with van der Waals surface area (Å²) in [5, 5.41) is 0. The second-order valence-corrected chi connectivity index (χ2v) is 11.9. The first-order valence-electron chi connectivity index (χ1n) is 12.5. The second kappa shape index (κ2) is 10.1. The van der Waals surface area contributed by atoms with Crippen molar-refractivity contribution < 1.29 is 19.1 Å². The Hall–Kier alpha value is -1.58. The van der Waals surface area contributed by atoms with Gasteiger partial charge in [-0.2, -0.15) is 0 Å². The van der Waals surface area contributed by atoms with Crippen molar-refractivity contribution >= 4 is 11.9 Å². The lowest BCUT2D eigenvalue weighted by atomic mass is 9.55. The molecule has 0 atom stereocenters. The lowest BCUT2D eigenvalue weighted by Crippen LogP contribution is -2.46. The molecule has 4 nitrogen and oxygen atoms in total. The molecule has 0 heterocycles. The molecule has 0 unspecified atom stereocenters. The van der Waals surface area contributed by atoms with E-state index in [1.54, 1.807) is 13.8 Å². The highest BCUT2D eigenvalue weighted by Crippen LogP contribution is 2.54. The van der Waals surface area contributed by atoms with E-state index in [2.05, 4.69) is 47.8 Å². The topological polar surface area (TPSA) is 52.6 Å². The summed E-state index contributed by atoms with van der Waals surface area (Å²) in [5.74, 6) is 1.32. The molecule has 0 aromatic heterocycles. The highest BCUT2D eigenvalue weighted by Gasteiger charge is 2.48. The van der Waals surface area contributed by atoms with Gasteiger partial charge in [-0.25, -0.2) is 9.59 Å². The number of hydrogen-bond donors (Lipinski definition) is 0. The van der Waals surface area contributed by atoms with Gasteiger partial charge in [-0.15, -0.1) is 0 Å². The molecule has 2 aliphatic carbocycles. The largest absolute Gasteiger partial charge is 0.456 e. The van der Waals surface area contributed by atoms with E-state index < -0.39 is 0 Å². The first-order valence-corrected chi connectivity index (χ1v) is 12.5. The minimum absolute atomic E-state index is 0.244. The van der Waals surface area contributed by atoms with Gasteiger partial charge < -0.3 is 9.47 Å². The summed E-state index contributed by atoms with van der Waals surface area (Å²) in [6.07, 6.45) is 9.17. The van der Waals surface area contributed by atoms with Crippen LogP contribution in [0.25, 0.3) is 0 Å². The zero-order valence-corrected chi connectivity index (χ0v) is 21.6. The molecule has 4 heteroatoms. The smallest absolute Gasteiger partial charge is 0.333 e. The van der Waals surface area contributed by atoms with Crippen LogP contribution in [0.1, 0.15) is 106 Å². The van der Waals surface area contributed by atoms with Crippen LogP contribution in [-0.4, -0.2) is 23.1 Å². The van der Waals surface area contributed by atoms with Gasteiger partial charge >= 0.3 is 11.9 Å². The zero-order valence-electron chi connectivity index (χ0n) is 21.6. The predicted molar refractivity (Wildman–Crippen MR) is 130 cm³/mol. The molecular formula is C28H46O4. The molecule has 0 bridgehead atoms. The fourth-order valence-corrected chi connectivity index (χ4v) is 6.15. The van der Waals surface area contributed by atoms with Crippen molar-refractivity contribution in [2.75, 3.05) is 0 Å². The summed E-state index contributed by atoms with van der Waals surface area (Å²) < 4.78 is 11.6. The molecule has 0 radical (unpaired) electrons. The third-order valence-electron chi connectivity index (χ3n) is 8.17. The Labute approximate surface area is 196 Å². The van der Waals surface area contributed by atoms with Crippen molar-refractivity contribution in [2.24, 2.45) is 23.2 Å². The molecule has 0 saturated heterocycles. The van der Waals surface area contributed by atoms with Crippen molar-refractivity contribution in [1.82, 2.24) is 0 Å². The van der Waals surface area contributed by atoms with Crippen molar-refractivity contribution in [3.63, 3.8) is 0 Å². The SMILES string of the molecule is C=C(C)C(=O)OC1(C)CCC(C(C)(CC(C)C)C2CCC(C)(OC(=O)C(=C)C)CC2)CC1. The molecule has 0 spiro atoms. The van der Waals surface area contributed by atoms with E-state index >= 15 is 0 Å². The molecule has 32 heavy (non-hydrogen) atoms. The summed E-state index contributed by atoms with van der Waals surface area (Å²) in [7, 11) is 0. The van der Waals surface area contributed by atoms with Gasteiger partial charge in [0.25, 0.3) is 0 Å². The second-order valence-electron chi connectivity index (χ2n) is 11.9. The van der Waals surface area contributed by atoms with Crippen molar-refractivity contribution in [3.05, 3.63) is 24.3 Å². The maximum absolute atomic E-state index is 12.1. The molecule has 182 valence electrons. The molecule has 2 fully saturated rings. The molecule has 0 aromatic carbocycles. The van der Waals surface area contributed by atoms with Gasteiger partial charge in [0.05, 0.1) is 0 Å². The van der Waals surface area contributed by atoms with Gasteiger partial charge in [0.15, 0.2) is 0 Å². The Morgan fingerprint density at radius 1 is 0.844 bits per heavy atom. The van der Waals surface area contributed by atoms with Crippen LogP contribution < -0.4 is 0 Å². The summed E-state index contributed by atoms with van der Waals surface area (Å²) >= 11 is 0. The van der Waals surface area contributed by atoms with E-state index in [1.807, 2.05) is 0 Å². The van der Waals surface area contributed by atoms with E-state index in [9.17, 15) is 9.59 Å². The third-order valence-corrected chi connectivity index (χ3v) is 8.17. The molecule has 0 amide bonds. The predicted octanol–water partition coefficient (Wildman–Crippen LogP) is 7.18. The fraction of sp³-hybridized carbons (Fsp3) is 0.786. The van der Waals surface area contributed by atoms with Crippen molar-refractivity contribution in [2.45, 2.75) is 117 Å². The quantitative estimate of drug-likeness (QED) is 0.293. The summed E-state index contributed by atoms with van der Waals surface area (Å²) in [6.45, 7) is 22.2. The zero-order chi connectivity index (χ0) is 24.3. The fourth-order valence-electron chi connectivity index (χ4n) is 6.15. The molecule has 0 aliphatic heterocycles. The minimum Gasteiger partial charge on any atom is -0.456 e. The summed E-state index contributed by atoms with van der Waals surface area (Å²) in [4.78, 5) is 24.2. The average molecular weight is 447 g/mol. The standard InChI is InChI=1S/C28H46O4/c1-19(2)18-28(9,22-10-14-26(7,15-11-22)31-24(29)20(3)4)23-12-16-27(8,17-13-23)32-25(30)21(5)6/h19,22-23H,3,5,10-18H2,1-2,4,6-9H3. The van der Waals surface area contributed by atoms with Crippen LogP contribution >= 0.6 is 0 Å². The van der Waals surface area contributed by atoms with Crippen molar-refractivity contribution in [3.8, 4) is 0 Å². The number of rotatable bonds is 8. The van der Waals surface area contributed by atoms with Gasteiger partial charge in [-0.1, -0.05) is 33.9 Å². The Balaban J connectivity index is 2.08. The lowest BCUT2D eigenvalue weighted by molar-refractivity contribution is -0.160. The van der Waals surface area contributed by atoms with E-state index in [1.165, 1.54) is 6.42 Å². The third kappa shape index (κ3) is 6.48. The average Bonchev–Trinajstić information content (AvgIpc) is 2.67. The van der Waals surface area contributed by atoms with Crippen molar-refractivity contribution in [1.29, 1.82) is 0 Å². The highest BCUT2D eigenvalue weighted by atomic mass is 16.6. The van der Waals surface area contributed by atoms with Gasteiger partial charge in [-0.3, -0.25) is 0 Å². The molecule has 0 aromatic rings. The van der Waals surface area contributed by atoms with Crippen LogP contribution in [0.4, 0.5) is 0 Å². The molecule has 2 saturated carbocycles. The number of ether oxygens (including phenoxy) is 2. The number of esters is 2. The number of carbonyl (C=O) groups is 2. The summed E-state index contributed by atoms with van der Waals surface area (Å²) in [5.41, 5.74) is 0.416. The Morgan fingerprint density at radius 2 is 1.16 bits per heavy atom. The molecule has 0 N–H and O–H groups in total. The van der Waals surface area contributed by atoms with Crippen LogP contribution in [0.2, 0.25) is 0 Å². The monoisotopic (exact) mass is 446 g/mol. The van der Waals surface area contributed by atoms with Gasteiger partial charge in [0.2, 0.25) is 0 Å². The molecular weight excluding hydrogens is 400 g/mol. The highest BCUT2D eigenvalue weighted by molar-refractivity contribution is 5.87. The maximum atomic E-state index is 12.1. The first kappa shape index (κ1) is 26.7. The number of carbonyl (C=O) groups excluding carboxylic acids is 2. The van der Waals surface area contributed by atoms with E-state index in [0.29, 0.717) is 28.9 Å². The van der Waals surface area contributed by atoms with Gasteiger partial charge in [0.1, 0.15) is 11.2 Å². The van der Waals surface area contributed by atoms with E-state index in [-0.39, 0.29) is 28.6 Å². The van der Waals surface area contributed by atoms with Crippen LogP contribution in [0.15, 0.2) is 24.3 Å². The number of hydrogen-bond acceptors (Lipinski definition) is 4. The normalized spacial score (nSPS) is 32.6. The van der Waals surface area contributed by atoms with Crippen LogP contribution in [0, 0.1) is 23.2 Å². The maximum Gasteiger partial charge on any atom is 0.333 e. The Kier molecular flexibility index (Phi) is 8.45. The minimum atomic E-state index is -0.382. The summed E-state index contributed by atoms with van der Waals surface area (Å²) in [6, 6.07) is 0. The van der Waals surface area contributed by atoms with Crippen LogP contribution in [0.5, 0.6) is 0 Å². The van der Waals surface area contributed by atoms with Crippen LogP contribution in [-0.2, 0) is 19.1 Å².